The zero-order chi connectivity index (χ0) is 16.9. The average molecular weight is 359 g/mol. The third-order valence-electron chi connectivity index (χ3n) is 5.21. The highest BCUT2D eigenvalue weighted by molar-refractivity contribution is 5.85. The lowest BCUT2D eigenvalue weighted by atomic mass is 9.77. The van der Waals surface area contributed by atoms with E-state index in [1.807, 2.05) is 55.5 Å². The van der Waals surface area contributed by atoms with Gasteiger partial charge >= 0.3 is 0 Å². The van der Waals surface area contributed by atoms with Crippen LogP contribution in [0.2, 0.25) is 0 Å². The van der Waals surface area contributed by atoms with E-state index >= 15 is 0 Å². The minimum Gasteiger partial charge on any atom is -0.349 e. The Hall–Kier alpha value is -1.84. The normalized spacial score (nSPS) is 17.5. The zero-order valence-electron chi connectivity index (χ0n) is 14.6. The van der Waals surface area contributed by atoms with Crippen LogP contribution in [0.15, 0.2) is 60.7 Å². The van der Waals surface area contributed by atoms with Crippen molar-refractivity contribution in [1.29, 1.82) is 0 Å². The SMILES string of the molecule is CC(C(=O)NC(c1ccccc1)C1CCC1)C(N)c1ccccc1.Cl. The van der Waals surface area contributed by atoms with Crippen molar-refractivity contribution in [2.45, 2.75) is 38.3 Å². The van der Waals surface area contributed by atoms with Crippen LogP contribution in [0.25, 0.3) is 0 Å². The van der Waals surface area contributed by atoms with Gasteiger partial charge in [-0.1, -0.05) is 74.0 Å². The summed E-state index contributed by atoms with van der Waals surface area (Å²) < 4.78 is 0. The van der Waals surface area contributed by atoms with Crippen LogP contribution in [-0.2, 0) is 4.79 Å². The van der Waals surface area contributed by atoms with Crippen LogP contribution < -0.4 is 11.1 Å². The van der Waals surface area contributed by atoms with Gasteiger partial charge in [0.25, 0.3) is 0 Å². The van der Waals surface area contributed by atoms with E-state index in [2.05, 4.69) is 17.4 Å². The maximum Gasteiger partial charge on any atom is 0.225 e. The molecule has 1 aliphatic carbocycles. The molecule has 4 heteroatoms. The quantitative estimate of drug-likeness (QED) is 0.804. The minimum absolute atomic E-state index is 0. The molecule has 25 heavy (non-hydrogen) atoms. The molecule has 0 radical (unpaired) electrons. The molecule has 0 heterocycles. The summed E-state index contributed by atoms with van der Waals surface area (Å²) in [7, 11) is 0. The van der Waals surface area contributed by atoms with Crippen LogP contribution in [0.1, 0.15) is 49.4 Å². The predicted octanol–water partition coefficient (Wildman–Crippen LogP) is 4.40. The fraction of sp³-hybridized carbons (Fsp3) is 0.381. The van der Waals surface area contributed by atoms with Gasteiger partial charge in [-0.25, -0.2) is 0 Å². The molecule has 3 N–H and O–H groups in total. The monoisotopic (exact) mass is 358 g/mol. The smallest absolute Gasteiger partial charge is 0.225 e. The summed E-state index contributed by atoms with van der Waals surface area (Å²) in [6.07, 6.45) is 3.61. The van der Waals surface area contributed by atoms with Crippen LogP contribution in [0, 0.1) is 11.8 Å². The first-order valence-corrected chi connectivity index (χ1v) is 8.82. The second-order valence-corrected chi connectivity index (χ2v) is 6.81. The van der Waals surface area contributed by atoms with Crippen molar-refractivity contribution in [3.63, 3.8) is 0 Å². The molecule has 3 rings (SSSR count). The standard InChI is InChI=1S/C21H26N2O.ClH/c1-15(19(22)16-9-4-2-5-10-16)21(24)23-20(18-13-8-14-18)17-11-6-3-7-12-17;/h2-7,9-12,15,18-20H,8,13-14,22H2,1H3,(H,23,24);1H. The molecule has 2 aromatic rings. The first-order chi connectivity index (χ1) is 11.7. The van der Waals surface area contributed by atoms with E-state index in [-0.39, 0.29) is 36.3 Å². The van der Waals surface area contributed by atoms with Crippen molar-refractivity contribution >= 4 is 18.3 Å². The number of carbonyl (C=O) groups excluding carboxylic acids is 1. The number of halogens is 1. The van der Waals surface area contributed by atoms with Crippen LogP contribution in [0.3, 0.4) is 0 Å². The Labute approximate surface area is 156 Å². The Morgan fingerprint density at radius 1 is 1.00 bits per heavy atom. The molecule has 3 nitrogen and oxygen atoms in total. The molecule has 0 spiro atoms. The molecule has 1 saturated carbocycles. The van der Waals surface area contributed by atoms with Gasteiger partial charge in [0.1, 0.15) is 0 Å². The molecule has 3 unspecified atom stereocenters. The lowest BCUT2D eigenvalue weighted by Crippen LogP contribution is -2.41. The van der Waals surface area contributed by atoms with Gasteiger partial charge in [-0.2, -0.15) is 0 Å². The van der Waals surface area contributed by atoms with Gasteiger partial charge in [-0.3, -0.25) is 4.79 Å². The topological polar surface area (TPSA) is 55.1 Å². The van der Waals surface area contributed by atoms with Crippen LogP contribution in [-0.4, -0.2) is 5.91 Å². The molecule has 1 fully saturated rings. The van der Waals surface area contributed by atoms with Crippen LogP contribution in [0.4, 0.5) is 0 Å². The van der Waals surface area contributed by atoms with Gasteiger partial charge in [0, 0.05) is 6.04 Å². The number of nitrogens with one attached hydrogen (secondary N) is 1. The van der Waals surface area contributed by atoms with E-state index in [0.29, 0.717) is 5.92 Å². The Morgan fingerprint density at radius 2 is 1.52 bits per heavy atom. The van der Waals surface area contributed by atoms with E-state index in [1.165, 1.54) is 24.8 Å². The summed E-state index contributed by atoms with van der Waals surface area (Å²) in [5.41, 5.74) is 8.51. The maximum absolute atomic E-state index is 12.8. The predicted molar refractivity (Wildman–Crippen MR) is 104 cm³/mol. The highest BCUT2D eigenvalue weighted by Crippen LogP contribution is 2.38. The van der Waals surface area contributed by atoms with Gasteiger partial charge in [0.05, 0.1) is 12.0 Å². The molecule has 1 aliphatic rings. The molecule has 134 valence electrons. The van der Waals surface area contributed by atoms with Gasteiger partial charge < -0.3 is 11.1 Å². The number of benzene rings is 2. The Morgan fingerprint density at radius 3 is 2.00 bits per heavy atom. The lowest BCUT2D eigenvalue weighted by molar-refractivity contribution is -0.126. The van der Waals surface area contributed by atoms with Gasteiger partial charge in [-0.15, -0.1) is 12.4 Å². The summed E-state index contributed by atoms with van der Waals surface area (Å²) in [5.74, 6) is 0.308. The molecule has 0 bridgehead atoms. The number of hydrogen-bond acceptors (Lipinski definition) is 2. The Balaban J connectivity index is 0.00000225. The first kappa shape index (κ1) is 19.5. The Kier molecular flexibility index (Phi) is 7.03. The lowest BCUT2D eigenvalue weighted by Gasteiger charge is -2.35. The van der Waals surface area contributed by atoms with Gasteiger partial charge in [-0.05, 0) is 29.9 Å². The fourth-order valence-electron chi connectivity index (χ4n) is 3.32. The fourth-order valence-corrected chi connectivity index (χ4v) is 3.32. The molecule has 2 aromatic carbocycles. The number of rotatable bonds is 6. The van der Waals surface area contributed by atoms with Crippen molar-refractivity contribution in [3.8, 4) is 0 Å². The van der Waals surface area contributed by atoms with Gasteiger partial charge in [0.2, 0.25) is 5.91 Å². The second kappa shape index (κ2) is 9.02. The molecule has 0 aliphatic heterocycles. The molecule has 1 amide bonds. The number of amides is 1. The third kappa shape index (κ3) is 4.62. The number of hydrogen-bond donors (Lipinski definition) is 2. The molecular formula is C21H27ClN2O. The summed E-state index contributed by atoms with van der Waals surface area (Å²) in [6.45, 7) is 1.91. The van der Waals surface area contributed by atoms with Gasteiger partial charge in [0.15, 0.2) is 0 Å². The van der Waals surface area contributed by atoms with E-state index in [9.17, 15) is 4.79 Å². The second-order valence-electron chi connectivity index (χ2n) is 6.81. The van der Waals surface area contributed by atoms with E-state index < -0.39 is 0 Å². The Bertz CT molecular complexity index is 658. The van der Waals surface area contributed by atoms with Crippen molar-refractivity contribution in [3.05, 3.63) is 71.8 Å². The van der Waals surface area contributed by atoms with Crippen LogP contribution in [0.5, 0.6) is 0 Å². The summed E-state index contributed by atoms with van der Waals surface area (Å²) in [5, 5.41) is 3.27. The highest BCUT2D eigenvalue weighted by Gasteiger charge is 2.32. The van der Waals surface area contributed by atoms with E-state index in [4.69, 9.17) is 5.73 Å². The molecule has 0 aromatic heterocycles. The minimum atomic E-state index is -0.288. The summed E-state index contributed by atoms with van der Waals surface area (Å²) >= 11 is 0. The summed E-state index contributed by atoms with van der Waals surface area (Å²) in [6, 6.07) is 19.9. The molecular weight excluding hydrogens is 332 g/mol. The van der Waals surface area contributed by atoms with Crippen molar-refractivity contribution in [1.82, 2.24) is 5.32 Å². The first-order valence-electron chi connectivity index (χ1n) is 8.82. The van der Waals surface area contributed by atoms with Crippen LogP contribution >= 0.6 is 12.4 Å². The van der Waals surface area contributed by atoms with Crippen molar-refractivity contribution in [2.24, 2.45) is 17.6 Å². The van der Waals surface area contributed by atoms with E-state index in [0.717, 1.165) is 5.56 Å². The average Bonchev–Trinajstić information content (AvgIpc) is 2.59. The largest absolute Gasteiger partial charge is 0.349 e. The maximum atomic E-state index is 12.8. The molecule has 3 atom stereocenters. The number of carbonyl (C=O) groups is 1. The van der Waals surface area contributed by atoms with Crippen molar-refractivity contribution < 1.29 is 4.79 Å². The number of nitrogens with two attached hydrogens (primary N) is 1. The van der Waals surface area contributed by atoms with E-state index in [1.54, 1.807) is 0 Å². The summed E-state index contributed by atoms with van der Waals surface area (Å²) in [4.78, 5) is 12.8. The molecule has 0 saturated heterocycles. The third-order valence-corrected chi connectivity index (χ3v) is 5.21. The zero-order valence-corrected chi connectivity index (χ0v) is 15.4. The highest BCUT2D eigenvalue weighted by atomic mass is 35.5. The van der Waals surface area contributed by atoms with Crippen molar-refractivity contribution in [2.75, 3.05) is 0 Å².